The van der Waals surface area contributed by atoms with Gasteiger partial charge in [0.1, 0.15) is 18.1 Å². The first-order chi connectivity index (χ1) is 11.2. The van der Waals surface area contributed by atoms with Crippen molar-refractivity contribution in [2.45, 2.75) is 13.3 Å². The Hall–Kier alpha value is -2.20. The molecular formula is C18H18ClNO3. The van der Waals surface area contributed by atoms with E-state index in [-0.39, 0.29) is 11.8 Å². The number of halogens is 1. The lowest BCUT2D eigenvalue weighted by Crippen LogP contribution is -2.32. The zero-order valence-corrected chi connectivity index (χ0v) is 13.6. The van der Waals surface area contributed by atoms with Gasteiger partial charge in [-0.3, -0.25) is 4.79 Å². The van der Waals surface area contributed by atoms with E-state index in [0.29, 0.717) is 36.1 Å². The van der Waals surface area contributed by atoms with Crippen LogP contribution in [0.3, 0.4) is 0 Å². The highest BCUT2D eigenvalue weighted by Gasteiger charge is 2.26. The van der Waals surface area contributed by atoms with Crippen LogP contribution < -0.4 is 14.8 Å². The van der Waals surface area contributed by atoms with E-state index in [4.69, 9.17) is 21.1 Å². The molecule has 0 bridgehead atoms. The fourth-order valence-corrected chi connectivity index (χ4v) is 2.81. The van der Waals surface area contributed by atoms with Crippen LogP contribution in [-0.4, -0.2) is 19.1 Å². The lowest BCUT2D eigenvalue weighted by Gasteiger charge is -2.25. The molecule has 23 heavy (non-hydrogen) atoms. The Morgan fingerprint density at radius 3 is 3.00 bits per heavy atom. The first-order valence-corrected chi connectivity index (χ1v) is 7.99. The molecule has 0 saturated carbocycles. The highest BCUT2D eigenvalue weighted by Crippen LogP contribution is 2.31. The molecule has 1 aliphatic rings. The van der Waals surface area contributed by atoms with E-state index in [1.807, 2.05) is 43.3 Å². The number of nitrogens with one attached hydrogen (secondary N) is 1. The number of carbonyl (C=O) groups is 1. The SMILES string of the molecule is CCOc1ccccc1NC(=O)C1COc2ccc(Cl)cc2C1. The van der Waals surface area contributed by atoms with Crippen LogP contribution in [0.2, 0.25) is 5.02 Å². The third kappa shape index (κ3) is 3.59. The predicted octanol–water partition coefficient (Wildman–Crippen LogP) is 3.93. The van der Waals surface area contributed by atoms with Gasteiger partial charge in [0.2, 0.25) is 5.91 Å². The summed E-state index contributed by atoms with van der Waals surface area (Å²) in [7, 11) is 0. The Morgan fingerprint density at radius 2 is 2.17 bits per heavy atom. The van der Waals surface area contributed by atoms with Gasteiger partial charge in [-0.2, -0.15) is 0 Å². The molecule has 0 fully saturated rings. The zero-order chi connectivity index (χ0) is 16.2. The van der Waals surface area contributed by atoms with Crippen molar-refractivity contribution in [2.24, 2.45) is 5.92 Å². The molecule has 1 atom stereocenters. The van der Waals surface area contributed by atoms with Crippen molar-refractivity contribution in [3.05, 3.63) is 53.1 Å². The number of fused-ring (bicyclic) bond motifs is 1. The quantitative estimate of drug-likeness (QED) is 0.923. The summed E-state index contributed by atoms with van der Waals surface area (Å²) >= 11 is 6.02. The van der Waals surface area contributed by atoms with Crippen LogP contribution in [0.1, 0.15) is 12.5 Å². The molecule has 4 nitrogen and oxygen atoms in total. The summed E-state index contributed by atoms with van der Waals surface area (Å²) in [5, 5.41) is 3.58. The van der Waals surface area contributed by atoms with Gasteiger partial charge in [0.15, 0.2) is 0 Å². The number of ether oxygens (including phenoxy) is 2. The van der Waals surface area contributed by atoms with Gasteiger partial charge in [-0.25, -0.2) is 0 Å². The van der Waals surface area contributed by atoms with Gasteiger partial charge in [0, 0.05) is 5.02 Å². The Balaban J connectivity index is 1.72. The molecule has 0 spiro atoms. The van der Waals surface area contributed by atoms with Crippen LogP contribution in [0.5, 0.6) is 11.5 Å². The van der Waals surface area contributed by atoms with Crippen molar-refractivity contribution in [2.75, 3.05) is 18.5 Å². The molecular weight excluding hydrogens is 314 g/mol. The second-order valence-electron chi connectivity index (χ2n) is 5.38. The van der Waals surface area contributed by atoms with E-state index in [0.717, 1.165) is 11.3 Å². The van der Waals surface area contributed by atoms with Crippen LogP contribution in [0.25, 0.3) is 0 Å². The van der Waals surface area contributed by atoms with Crippen molar-refractivity contribution >= 4 is 23.2 Å². The lowest BCUT2D eigenvalue weighted by atomic mass is 9.96. The molecule has 0 radical (unpaired) electrons. The van der Waals surface area contributed by atoms with Crippen LogP contribution in [0.15, 0.2) is 42.5 Å². The highest BCUT2D eigenvalue weighted by atomic mass is 35.5. The van der Waals surface area contributed by atoms with Gasteiger partial charge in [0.05, 0.1) is 18.2 Å². The molecule has 1 heterocycles. The molecule has 1 unspecified atom stereocenters. The van der Waals surface area contributed by atoms with Crippen LogP contribution >= 0.6 is 11.6 Å². The Morgan fingerprint density at radius 1 is 1.35 bits per heavy atom. The largest absolute Gasteiger partial charge is 0.492 e. The van der Waals surface area contributed by atoms with Gasteiger partial charge >= 0.3 is 0 Å². The predicted molar refractivity (Wildman–Crippen MR) is 90.4 cm³/mol. The molecule has 2 aromatic rings. The second-order valence-corrected chi connectivity index (χ2v) is 5.82. The Kier molecular flexibility index (Phi) is 4.72. The summed E-state index contributed by atoms with van der Waals surface area (Å²) in [6.45, 7) is 2.82. The van der Waals surface area contributed by atoms with E-state index >= 15 is 0 Å². The smallest absolute Gasteiger partial charge is 0.231 e. The number of anilines is 1. The number of rotatable bonds is 4. The molecule has 1 amide bonds. The maximum Gasteiger partial charge on any atom is 0.231 e. The fraction of sp³-hybridized carbons (Fsp3) is 0.278. The third-order valence-electron chi connectivity index (χ3n) is 3.74. The van der Waals surface area contributed by atoms with Crippen LogP contribution in [-0.2, 0) is 11.2 Å². The Labute approximate surface area is 140 Å². The summed E-state index contributed by atoms with van der Waals surface area (Å²) in [4.78, 5) is 12.5. The molecule has 0 saturated heterocycles. The number of amides is 1. The van der Waals surface area contributed by atoms with Crippen molar-refractivity contribution in [1.29, 1.82) is 0 Å². The molecule has 0 aromatic heterocycles. The third-order valence-corrected chi connectivity index (χ3v) is 3.98. The number of para-hydroxylation sites is 2. The summed E-state index contributed by atoms with van der Waals surface area (Å²) < 4.78 is 11.2. The van der Waals surface area contributed by atoms with Crippen molar-refractivity contribution in [3.63, 3.8) is 0 Å². The molecule has 2 aromatic carbocycles. The Bertz CT molecular complexity index is 717. The molecule has 1 aliphatic heterocycles. The summed E-state index contributed by atoms with van der Waals surface area (Å²) in [6, 6.07) is 12.9. The minimum absolute atomic E-state index is 0.0808. The fourth-order valence-electron chi connectivity index (χ4n) is 2.62. The van der Waals surface area contributed by atoms with E-state index in [1.54, 1.807) is 6.07 Å². The van der Waals surface area contributed by atoms with E-state index < -0.39 is 0 Å². The highest BCUT2D eigenvalue weighted by molar-refractivity contribution is 6.30. The lowest BCUT2D eigenvalue weighted by molar-refractivity contribution is -0.121. The van der Waals surface area contributed by atoms with Crippen molar-refractivity contribution in [1.82, 2.24) is 0 Å². The average molecular weight is 332 g/mol. The van der Waals surface area contributed by atoms with E-state index in [2.05, 4.69) is 5.32 Å². The van der Waals surface area contributed by atoms with Gasteiger partial charge in [-0.05, 0) is 49.2 Å². The second kappa shape index (κ2) is 6.92. The maximum absolute atomic E-state index is 12.5. The van der Waals surface area contributed by atoms with Crippen molar-refractivity contribution < 1.29 is 14.3 Å². The topological polar surface area (TPSA) is 47.6 Å². The monoisotopic (exact) mass is 331 g/mol. The van der Waals surface area contributed by atoms with Crippen molar-refractivity contribution in [3.8, 4) is 11.5 Å². The molecule has 120 valence electrons. The first kappa shape index (κ1) is 15.7. The van der Waals surface area contributed by atoms with E-state index in [1.165, 1.54) is 0 Å². The van der Waals surface area contributed by atoms with Gasteiger partial charge < -0.3 is 14.8 Å². The zero-order valence-electron chi connectivity index (χ0n) is 12.8. The molecule has 1 N–H and O–H groups in total. The molecule has 3 rings (SSSR count). The number of carbonyl (C=O) groups excluding carboxylic acids is 1. The average Bonchev–Trinajstić information content (AvgIpc) is 2.56. The first-order valence-electron chi connectivity index (χ1n) is 7.61. The standard InChI is InChI=1S/C18H18ClNO3/c1-2-22-17-6-4-3-5-15(17)20-18(21)13-9-12-10-14(19)7-8-16(12)23-11-13/h3-8,10,13H,2,9,11H2,1H3,(H,20,21). The minimum atomic E-state index is -0.254. The van der Waals surface area contributed by atoms with Gasteiger partial charge in [-0.15, -0.1) is 0 Å². The van der Waals surface area contributed by atoms with Gasteiger partial charge in [-0.1, -0.05) is 23.7 Å². The van der Waals surface area contributed by atoms with Crippen LogP contribution in [0, 0.1) is 5.92 Å². The minimum Gasteiger partial charge on any atom is -0.492 e. The number of hydrogen-bond acceptors (Lipinski definition) is 3. The normalized spacial score (nSPS) is 16.2. The van der Waals surface area contributed by atoms with E-state index in [9.17, 15) is 4.79 Å². The number of benzene rings is 2. The summed E-state index contributed by atoms with van der Waals surface area (Å²) in [5.41, 5.74) is 1.64. The van der Waals surface area contributed by atoms with Crippen LogP contribution in [0.4, 0.5) is 5.69 Å². The summed E-state index contributed by atoms with van der Waals surface area (Å²) in [5.74, 6) is 1.13. The summed E-state index contributed by atoms with van der Waals surface area (Å²) in [6.07, 6.45) is 0.610. The maximum atomic E-state index is 12.5. The van der Waals surface area contributed by atoms with Gasteiger partial charge in [0.25, 0.3) is 0 Å². The molecule has 0 aliphatic carbocycles. The number of hydrogen-bond donors (Lipinski definition) is 1. The molecule has 5 heteroatoms.